The summed E-state index contributed by atoms with van der Waals surface area (Å²) in [6, 6.07) is 10.6. The van der Waals surface area contributed by atoms with Crippen molar-refractivity contribution in [3.05, 3.63) is 58.9 Å². The molecule has 1 aliphatic carbocycles. The lowest BCUT2D eigenvalue weighted by molar-refractivity contribution is 0.140. The fraction of sp³-hybridized carbons (Fsp3) is 0.400. The van der Waals surface area contributed by atoms with Crippen LogP contribution in [0.15, 0.2) is 36.5 Å². The standard InChI is InChI=1S/C20H24N4O/c1-14-17-10-15(11-21-19(17)24(2)23-14)12-22-20(13-25)9-5-7-16-6-3-4-8-18(16)20/h3-4,6,8,10-11,22,25H,5,7,9,12-13H2,1-2H3. The number of aliphatic hydroxyl groups is 1. The van der Waals surface area contributed by atoms with Crippen molar-refractivity contribution < 1.29 is 5.11 Å². The maximum Gasteiger partial charge on any atom is 0.157 e. The minimum atomic E-state index is -0.367. The second-order valence-electron chi connectivity index (χ2n) is 7.03. The molecule has 5 nitrogen and oxygen atoms in total. The van der Waals surface area contributed by atoms with Gasteiger partial charge in [-0.1, -0.05) is 24.3 Å². The number of nitrogens with zero attached hydrogens (tertiary/aromatic N) is 3. The summed E-state index contributed by atoms with van der Waals surface area (Å²) >= 11 is 0. The molecule has 130 valence electrons. The summed E-state index contributed by atoms with van der Waals surface area (Å²) in [6.45, 7) is 2.78. The van der Waals surface area contributed by atoms with E-state index in [9.17, 15) is 5.11 Å². The molecular weight excluding hydrogens is 312 g/mol. The SMILES string of the molecule is Cc1nn(C)c2ncc(CNC3(CO)CCCc4ccccc43)cc12. The Morgan fingerprint density at radius 1 is 1.32 bits per heavy atom. The zero-order chi connectivity index (χ0) is 17.4. The first-order chi connectivity index (χ1) is 12.1. The number of rotatable bonds is 4. The van der Waals surface area contributed by atoms with Crippen LogP contribution in [0.4, 0.5) is 0 Å². The van der Waals surface area contributed by atoms with Gasteiger partial charge in [0.15, 0.2) is 5.65 Å². The van der Waals surface area contributed by atoms with Crippen LogP contribution in [0.3, 0.4) is 0 Å². The van der Waals surface area contributed by atoms with E-state index in [0.29, 0.717) is 6.54 Å². The van der Waals surface area contributed by atoms with E-state index in [4.69, 9.17) is 0 Å². The summed E-state index contributed by atoms with van der Waals surface area (Å²) in [6.07, 6.45) is 5.02. The number of nitrogens with one attached hydrogen (secondary N) is 1. The van der Waals surface area contributed by atoms with E-state index in [1.165, 1.54) is 11.1 Å². The van der Waals surface area contributed by atoms with Gasteiger partial charge >= 0.3 is 0 Å². The van der Waals surface area contributed by atoms with Crippen molar-refractivity contribution in [2.75, 3.05) is 6.61 Å². The second kappa shape index (κ2) is 6.24. The largest absolute Gasteiger partial charge is 0.394 e. The first-order valence-electron chi connectivity index (χ1n) is 8.85. The Labute approximate surface area is 147 Å². The summed E-state index contributed by atoms with van der Waals surface area (Å²) < 4.78 is 1.81. The van der Waals surface area contributed by atoms with E-state index < -0.39 is 0 Å². The smallest absolute Gasteiger partial charge is 0.157 e. The highest BCUT2D eigenvalue weighted by atomic mass is 16.3. The lowest BCUT2D eigenvalue weighted by Crippen LogP contribution is -2.47. The fourth-order valence-electron chi connectivity index (χ4n) is 4.04. The molecule has 0 aliphatic heterocycles. The summed E-state index contributed by atoms with van der Waals surface area (Å²) in [5.74, 6) is 0. The molecule has 1 aliphatic rings. The maximum atomic E-state index is 10.2. The molecule has 0 amide bonds. The van der Waals surface area contributed by atoms with Gasteiger partial charge in [-0.3, -0.25) is 4.68 Å². The van der Waals surface area contributed by atoms with Crippen LogP contribution < -0.4 is 5.32 Å². The van der Waals surface area contributed by atoms with E-state index >= 15 is 0 Å². The molecule has 1 aromatic carbocycles. The Morgan fingerprint density at radius 3 is 3.00 bits per heavy atom. The van der Waals surface area contributed by atoms with Crippen molar-refractivity contribution in [3.8, 4) is 0 Å². The molecule has 0 saturated carbocycles. The summed E-state index contributed by atoms with van der Waals surface area (Å²) in [7, 11) is 1.92. The van der Waals surface area contributed by atoms with Crippen molar-refractivity contribution in [1.29, 1.82) is 0 Å². The zero-order valence-electron chi connectivity index (χ0n) is 14.8. The molecule has 0 saturated heterocycles. The van der Waals surface area contributed by atoms with Crippen molar-refractivity contribution in [1.82, 2.24) is 20.1 Å². The van der Waals surface area contributed by atoms with Crippen LogP contribution in [-0.2, 0) is 25.6 Å². The molecule has 1 unspecified atom stereocenters. The topological polar surface area (TPSA) is 63.0 Å². The van der Waals surface area contributed by atoms with Crippen molar-refractivity contribution >= 4 is 11.0 Å². The molecule has 2 heterocycles. The highest BCUT2D eigenvalue weighted by Crippen LogP contribution is 2.35. The highest BCUT2D eigenvalue weighted by Gasteiger charge is 2.35. The second-order valence-corrected chi connectivity index (χ2v) is 7.03. The van der Waals surface area contributed by atoms with Crippen LogP contribution >= 0.6 is 0 Å². The van der Waals surface area contributed by atoms with E-state index in [2.05, 4.69) is 45.7 Å². The highest BCUT2D eigenvalue weighted by molar-refractivity contribution is 5.78. The lowest BCUT2D eigenvalue weighted by atomic mass is 9.77. The third-order valence-corrected chi connectivity index (χ3v) is 5.40. The first kappa shape index (κ1) is 16.2. The van der Waals surface area contributed by atoms with Gasteiger partial charge in [-0.15, -0.1) is 0 Å². The molecular formula is C20H24N4O. The summed E-state index contributed by atoms with van der Waals surface area (Å²) in [5.41, 5.74) is 5.21. The minimum Gasteiger partial charge on any atom is -0.394 e. The monoisotopic (exact) mass is 336 g/mol. The van der Waals surface area contributed by atoms with Crippen molar-refractivity contribution in [2.45, 2.75) is 38.3 Å². The van der Waals surface area contributed by atoms with Crippen LogP contribution in [0.2, 0.25) is 0 Å². The molecule has 1 atom stereocenters. The molecule has 2 aromatic heterocycles. The number of fused-ring (bicyclic) bond motifs is 2. The summed E-state index contributed by atoms with van der Waals surface area (Å²) in [4.78, 5) is 4.56. The molecule has 4 rings (SSSR count). The molecule has 2 N–H and O–H groups in total. The van der Waals surface area contributed by atoms with Gasteiger partial charge in [-0.25, -0.2) is 4.98 Å². The molecule has 0 radical (unpaired) electrons. The quantitative estimate of drug-likeness (QED) is 0.769. The number of benzene rings is 1. The molecule has 25 heavy (non-hydrogen) atoms. The van der Waals surface area contributed by atoms with E-state index in [0.717, 1.165) is 41.6 Å². The molecule has 5 heteroatoms. The molecule has 0 bridgehead atoms. The van der Waals surface area contributed by atoms with Gasteiger partial charge in [0, 0.05) is 25.2 Å². The average Bonchev–Trinajstić information content (AvgIpc) is 2.93. The van der Waals surface area contributed by atoms with Gasteiger partial charge in [0.2, 0.25) is 0 Å². The minimum absolute atomic E-state index is 0.103. The van der Waals surface area contributed by atoms with Gasteiger partial charge < -0.3 is 10.4 Å². The molecule has 3 aromatic rings. The van der Waals surface area contributed by atoms with Gasteiger partial charge in [0.1, 0.15) is 0 Å². The molecule has 0 spiro atoms. The van der Waals surface area contributed by atoms with E-state index in [1.54, 1.807) is 0 Å². The van der Waals surface area contributed by atoms with Crippen LogP contribution in [-0.4, -0.2) is 26.5 Å². The predicted octanol–water partition coefficient (Wildman–Crippen LogP) is 2.59. The van der Waals surface area contributed by atoms with Crippen molar-refractivity contribution in [3.63, 3.8) is 0 Å². The number of pyridine rings is 1. The third-order valence-electron chi connectivity index (χ3n) is 5.40. The van der Waals surface area contributed by atoms with E-state index in [-0.39, 0.29) is 12.1 Å². The number of hydrogen-bond donors (Lipinski definition) is 2. The normalized spacial score (nSPS) is 20.0. The van der Waals surface area contributed by atoms with Gasteiger partial charge in [0.25, 0.3) is 0 Å². The Morgan fingerprint density at radius 2 is 2.16 bits per heavy atom. The fourth-order valence-corrected chi connectivity index (χ4v) is 4.04. The van der Waals surface area contributed by atoms with E-state index in [1.807, 2.05) is 24.9 Å². The Balaban J connectivity index is 1.63. The summed E-state index contributed by atoms with van der Waals surface area (Å²) in [5, 5.41) is 19.3. The van der Waals surface area contributed by atoms with Gasteiger partial charge in [0.05, 0.1) is 17.8 Å². The average molecular weight is 336 g/mol. The van der Waals surface area contributed by atoms with Crippen molar-refractivity contribution in [2.24, 2.45) is 7.05 Å². The number of aliphatic hydroxyl groups excluding tert-OH is 1. The van der Waals surface area contributed by atoms with Gasteiger partial charge in [-0.2, -0.15) is 5.10 Å². The van der Waals surface area contributed by atoms with Gasteiger partial charge in [-0.05, 0) is 48.9 Å². The predicted molar refractivity (Wildman–Crippen MR) is 98.2 cm³/mol. The Kier molecular flexibility index (Phi) is 4.06. The van der Waals surface area contributed by atoms with Crippen LogP contribution in [0.1, 0.15) is 35.2 Å². The van der Waals surface area contributed by atoms with Crippen LogP contribution in [0.25, 0.3) is 11.0 Å². The first-order valence-corrected chi connectivity index (χ1v) is 8.85. The molecule has 0 fully saturated rings. The lowest BCUT2D eigenvalue weighted by Gasteiger charge is -2.39. The number of hydrogen-bond acceptors (Lipinski definition) is 4. The Bertz CT molecular complexity index is 917. The van der Waals surface area contributed by atoms with Crippen LogP contribution in [0, 0.1) is 6.92 Å². The zero-order valence-corrected chi connectivity index (χ0v) is 14.8. The Hall–Kier alpha value is -2.24. The number of aromatic nitrogens is 3. The number of aryl methyl sites for hydroxylation is 3. The third kappa shape index (κ3) is 2.73. The van der Waals surface area contributed by atoms with Crippen LogP contribution in [0.5, 0.6) is 0 Å². The maximum absolute atomic E-state index is 10.2.